The molecule has 0 atom stereocenters. The molecule has 37 heavy (non-hydrogen) atoms. The van der Waals surface area contributed by atoms with Crippen molar-refractivity contribution in [3.63, 3.8) is 0 Å². The third kappa shape index (κ3) is 5.88. The van der Waals surface area contributed by atoms with E-state index in [0.29, 0.717) is 6.04 Å². The van der Waals surface area contributed by atoms with Crippen LogP contribution in [0.4, 0.5) is 11.6 Å². The van der Waals surface area contributed by atoms with Crippen LogP contribution in [0.3, 0.4) is 0 Å². The lowest BCUT2D eigenvalue weighted by molar-refractivity contribution is 0.0950. The standard InChI is InChI=1S/C28H37N7O2/c1-19-15-21(5-8-23(19)28(36)32-22-6-7-22)24-18-31-35-26(29-9-11-34-10-2-13-37-14-12-34)16-25(33-27(24)35)30-17-20-3-4-20/h5,8,15-16,18,20,22,29H,2-4,6-7,9-14,17H2,1H3,(H,30,33)(H,32,36). The van der Waals surface area contributed by atoms with Gasteiger partial charge >= 0.3 is 0 Å². The summed E-state index contributed by atoms with van der Waals surface area (Å²) in [4.78, 5) is 20.0. The van der Waals surface area contributed by atoms with Crippen molar-refractivity contribution >= 4 is 23.2 Å². The van der Waals surface area contributed by atoms with Crippen LogP contribution in [0.1, 0.15) is 48.0 Å². The topological polar surface area (TPSA) is 95.8 Å². The van der Waals surface area contributed by atoms with E-state index < -0.39 is 0 Å². The van der Waals surface area contributed by atoms with E-state index in [9.17, 15) is 4.79 Å². The van der Waals surface area contributed by atoms with Crippen LogP contribution in [-0.2, 0) is 4.74 Å². The normalized spacial score (nSPS) is 18.5. The fourth-order valence-corrected chi connectivity index (χ4v) is 4.89. The van der Waals surface area contributed by atoms with Crippen LogP contribution in [0.2, 0.25) is 0 Å². The molecule has 3 aromatic rings. The van der Waals surface area contributed by atoms with Gasteiger partial charge < -0.3 is 20.7 Å². The zero-order valence-electron chi connectivity index (χ0n) is 21.6. The molecular formula is C28H37N7O2. The second-order valence-electron chi connectivity index (χ2n) is 10.7. The summed E-state index contributed by atoms with van der Waals surface area (Å²) in [7, 11) is 0. The lowest BCUT2D eigenvalue weighted by atomic mass is 10.0. The fraction of sp³-hybridized carbons (Fsp3) is 0.536. The van der Waals surface area contributed by atoms with Gasteiger partial charge in [0.15, 0.2) is 5.65 Å². The van der Waals surface area contributed by atoms with Gasteiger partial charge in [0.1, 0.15) is 11.6 Å². The highest BCUT2D eigenvalue weighted by molar-refractivity contribution is 5.97. The maximum absolute atomic E-state index is 12.6. The number of nitrogens with zero attached hydrogens (tertiary/aromatic N) is 4. The van der Waals surface area contributed by atoms with Gasteiger partial charge in [-0.2, -0.15) is 9.61 Å². The Bertz CT molecular complexity index is 1260. The number of ether oxygens (including phenoxy) is 1. The summed E-state index contributed by atoms with van der Waals surface area (Å²) in [5.41, 5.74) is 4.46. The fourth-order valence-electron chi connectivity index (χ4n) is 4.89. The van der Waals surface area contributed by atoms with E-state index in [4.69, 9.17) is 14.8 Å². The van der Waals surface area contributed by atoms with Crippen molar-refractivity contribution in [2.24, 2.45) is 5.92 Å². The molecule has 0 unspecified atom stereocenters. The predicted molar refractivity (Wildman–Crippen MR) is 145 cm³/mol. The number of fused-ring (bicyclic) bond motifs is 1. The maximum atomic E-state index is 12.6. The summed E-state index contributed by atoms with van der Waals surface area (Å²) in [6.07, 6.45) is 7.70. The minimum absolute atomic E-state index is 0.0126. The Labute approximate surface area is 218 Å². The van der Waals surface area contributed by atoms with Crippen molar-refractivity contribution < 1.29 is 9.53 Å². The Morgan fingerprint density at radius 2 is 2.00 bits per heavy atom. The van der Waals surface area contributed by atoms with Crippen molar-refractivity contribution in [1.82, 2.24) is 24.8 Å². The largest absolute Gasteiger partial charge is 0.380 e. The van der Waals surface area contributed by atoms with E-state index >= 15 is 0 Å². The quantitative estimate of drug-likeness (QED) is 0.389. The summed E-state index contributed by atoms with van der Waals surface area (Å²) in [6, 6.07) is 8.40. The van der Waals surface area contributed by atoms with Gasteiger partial charge in [-0.3, -0.25) is 9.69 Å². The van der Waals surface area contributed by atoms with E-state index in [0.717, 1.165) is 111 Å². The van der Waals surface area contributed by atoms with Gasteiger partial charge in [0.05, 0.1) is 12.8 Å². The third-order valence-corrected chi connectivity index (χ3v) is 7.48. The Balaban J connectivity index is 1.25. The smallest absolute Gasteiger partial charge is 0.251 e. The molecule has 0 radical (unpaired) electrons. The van der Waals surface area contributed by atoms with Crippen molar-refractivity contribution in [2.75, 3.05) is 56.6 Å². The molecule has 1 saturated heterocycles. The van der Waals surface area contributed by atoms with Gasteiger partial charge in [0.2, 0.25) is 0 Å². The SMILES string of the molecule is Cc1cc(-c2cnn3c(NCCN4CCCOCC4)cc(NCC4CC4)nc23)ccc1C(=O)NC1CC1. The number of nitrogens with one attached hydrogen (secondary N) is 3. The number of carbonyl (C=O) groups excluding carboxylic acids is 1. The minimum Gasteiger partial charge on any atom is -0.380 e. The number of hydrogen-bond donors (Lipinski definition) is 3. The molecule has 9 heteroatoms. The maximum Gasteiger partial charge on any atom is 0.251 e. The van der Waals surface area contributed by atoms with Gasteiger partial charge in [-0.25, -0.2) is 4.98 Å². The summed E-state index contributed by atoms with van der Waals surface area (Å²) >= 11 is 0. The number of benzene rings is 1. The Hall–Kier alpha value is -3.17. The highest BCUT2D eigenvalue weighted by atomic mass is 16.5. The number of amides is 1. The molecule has 9 nitrogen and oxygen atoms in total. The van der Waals surface area contributed by atoms with Crippen LogP contribution < -0.4 is 16.0 Å². The lowest BCUT2D eigenvalue weighted by Gasteiger charge is -2.20. The van der Waals surface area contributed by atoms with E-state index in [1.165, 1.54) is 12.8 Å². The van der Waals surface area contributed by atoms with E-state index in [1.807, 2.05) is 29.8 Å². The molecule has 3 fully saturated rings. The molecular weight excluding hydrogens is 466 g/mol. The molecule has 2 saturated carbocycles. The molecule has 3 heterocycles. The van der Waals surface area contributed by atoms with Gasteiger partial charge in [-0.15, -0.1) is 0 Å². The second kappa shape index (κ2) is 10.7. The van der Waals surface area contributed by atoms with Crippen LogP contribution in [0.5, 0.6) is 0 Å². The molecule has 196 valence electrons. The average Bonchev–Trinajstić information content (AvgIpc) is 3.81. The zero-order valence-corrected chi connectivity index (χ0v) is 21.6. The molecule has 1 aromatic carbocycles. The summed E-state index contributed by atoms with van der Waals surface area (Å²) in [6.45, 7) is 8.42. The van der Waals surface area contributed by atoms with E-state index in [1.54, 1.807) is 0 Å². The molecule has 1 amide bonds. The van der Waals surface area contributed by atoms with Crippen LogP contribution in [0.15, 0.2) is 30.5 Å². The third-order valence-electron chi connectivity index (χ3n) is 7.48. The first-order valence-electron chi connectivity index (χ1n) is 13.7. The molecule has 3 N–H and O–H groups in total. The van der Waals surface area contributed by atoms with Crippen molar-refractivity contribution in [3.05, 3.63) is 41.6 Å². The predicted octanol–water partition coefficient (Wildman–Crippen LogP) is 3.55. The number of hydrogen-bond acceptors (Lipinski definition) is 7. The highest BCUT2D eigenvalue weighted by Gasteiger charge is 2.25. The first kappa shape index (κ1) is 24.2. The van der Waals surface area contributed by atoms with Crippen LogP contribution >= 0.6 is 0 Å². The summed E-state index contributed by atoms with van der Waals surface area (Å²) < 4.78 is 7.49. The number of anilines is 2. The molecule has 0 bridgehead atoms. The number of aromatic nitrogens is 3. The van der Waals surface area contributed by atoms with Crippen molar-refractivity contribution in [1.29, 1.82) is 0 Å². The van der Waals surface area contributed by atoms with Crippen molar-refractivity contribution in [2.45, 2.75) is 45.1 Å². The first-order valence-corrected chi connectivity index (χ1v) is 13.7. The van der Waals surface area contributed by atoms with Gasteiger partial charge in [0.25, 0.3) is 5.91 Å². The van der Waals surface area contributed by atoms with E-state index in [2.05, 4.69) is 33.0 Å². The molecule has 2 aliphatic carbocycles. The number of rotatable bonds is 10. The summed E-state index contributed by atoms with van der Waals surface area (Å²) in [5.74, 6) is 2.56. The number of carbonyl (C=O) groups is 1. The molecule has 3 aliphatic rings. The molecule has 0 spiro atoms. The molecule has 1 aliphatic heterocycles. The van der Waals surface area contributed by atoms with Crippen LogP contribution in [0.25, 0.3) is 16.8 Å². The summed E-state index contributed by atoms with van der Waals surface area (Å²) in [5, 5.41) is 15.0. The van der Waals surface area contributed by atoms with Gasteiger partial charge in [-0.1, -0.05) is 12.1 Å². The second-order valence-corrected chi connectivity index (χ2v) is 10.7. The Kier molecular flexibility index (Phi) is 6.97. The highest BCUT2D eigenvalue weighted by Crippen LogP contribution is 2.31. The number of aryl methyl sites for hydroxylation is 1. The monoisotopic (exact) mass is 503 g/mol. The van der Waals surface area contributed by atoms with Crippen molar-refractivity contribution in [3.8, 4) is 11.1 Å². The Morgan fingerprint density at radius 1 is 1.11 bits per heavy atom. The first-order chi connectivity index (χ1) is 18.1. The molecule has 6 rings (SSSR count). The van der Waals surface area contributed by atoms with Gasteiger partial charge in [-0.05, 0) is 62.1 Å². The van der Waals surface area contributed by atoms with Gasteiger partial charge in [0, 0.05) is 62.6 Å². The molecule has 2 aromatic heterocycles. The zero-order chi connectivity index (χ0) is 25.2. The average molecular weight is 504 g/mol. The Morgan fingerprint density at radius 3 is 2.81 bits per heavy atom. The van der Waals surface area contributed by atoms with E-state index in [-0.39, 0.29) is 5.91 Å². The minimum atomic E-state index is 0.0126. The van der Waals surface area contributed by atoms with Crippen LogP contribution in [-0.4, -0.2) is 77.4 Å². The van der Waals surface area contributed by atoms with Crippen LogP contribution in [0, 0.1) is 12.8 Å². The lowest BCUT2D eigenvalue weighted by Crippen LogP contribution is -2.31.